The van der Waals surface area contributed by atoms with Crippen LogP contribution in [0, 0.1) is 28.6 Å². The van der Waals surface area contributed by atoms with Crippen molar-refractivity contribution in [2.75, 3.05) is 0 Å². The van der Waals surface area contributed by atoms with Crippen molar-refractivity contribution < 1.29 is 4.79 Å². The second-order valence-electron chi connectivity index (χ2n) is 4.00. The monoisotopic (exact) mass is 286 g/mol. The summed E-state index contributed by atoms with van der Waals surface area (Å²) in [4.78, 5) is 12.8. The molecule has 2 rings (SSSR count). The third kappa shape index (κ3) is 3.08. The van der Waals surface area contributed by atoms with E-state index in [4.69, 9.17) is 10.5 Å². The van der Waals surface area contributed by atoms with Gasteiger partial charge in [0, 0.05) is 12.3 Å². The Morgan fingerprint density at radius 1 is 1.26 bits per heavy atom. The molecule has 2 aromatic heterocycles. The zero-order valence-corrected chi connectivity index (χ0v) is 11.6. The van der Waals surface area contributed by atoms with Gasteiger partial charge in [0.25, 0.3) is 0 Å². The molecule has 3 nitrogen and oxygen atoms in total. The number of carbonyl (C=O) groups is 1. The summed E-state index contributed by atoms with van der Waals surface area (Å²) in [5.74, 6) is -1.16. The quantitative estimate of drug-likeness (QED) is 0.785. The minimum atomic E-state index is -0.793. The largest absolute Gasteiger partial charge is 0.293 e. The molecule has 2 aromatic rings. The summed E-state index contributed by atoms with van der Waals surface area (Å²) in [6, 6.07) is 9.44. The molecule has 0 fully saturated rings. The number of hydrogen-bond donors (Lipinski definition) is 0. The number of hydrogen-bond acceptors (Lipinski definition) is 5. The third-order valence-corrected chi connectivity index (χ3v) is 4.47. The zero-order chi connectivity index (χ0) is 13.7. The Bertz CT molecular complexity index is 603. The lowest BCUT2D eigenvalue weighted by molar-refractivity contribution is 0.0975. The van der Waals surface area contributed by atoms with Crippen LogP contribution < -0.4 is 0 Å². The van der Waals surface area contributed by atoms with Gasteiger partial charge in [-0.3, -0.25) is 4.79 Å². The number of thiophene rings is 2. The molecule has 5 heteroatoms. The second-order valence-corrected chi connectivity index (χ2v) is 5.73. The van der Waals surface area contributed by atoms with E-state index in [2.05, 4.69) is 0 Å². The van der Waals surface area contributed by atoms with Gasteiger partial charge in [0.05, 0.1) is 17.0 Å². The summed E-state index contributed by atoms with van der Waals surface area (Å²) in [6.45, 7) is 0. The number of Topliss-reactive ketones (excluding diaryl/α,β-unsaturated/α-hetero) is 1. The van der Waals surface area contributed by atoms with E-state index in [0.29, 0.717) is 4.88 Å². The molecule has 0 aliphatic rings. The molecule has 0 bridgehead atoms. The highest BCUT2D eigenvalue weighted by atomic mass is 32.1. The molecule has 0 amide bonds. The first kappa shape index (κ1) is 13.5. The van der Waals surface area contributed by atoms with Crippen molar-refractivity contribution in [2.45, 2.75) is 12.3 Å². The first-order valence-corrected chi connectivity index (χ1v) is 7.46. The number of rotatable bonds is 5. The van der Waals surface area contributed by atoms with Gasteiger partial charge < -0.3 is 0 Å². The van der Waals surface area contributed by atoms with Crippen LogP contribution in [-0.2, 0) is 0 Å². The Labute approximate surface area is 119 Å². The lowest BCUT2D eigenvalue weighted by Gasteiger charge is -2.14. The fourth-order valence-corrected chi connectivity index (χ4v) is 3.26. The summed E-state index contributed by atoms with van der Waals surface area (Å²) in [5.41, 5.74) is 0.892. The summed E-state index contributed by atoms with van der Waals surface area (Å²) in [5, 5.41) is 23.8. The molecule has 0 spiro atoms. The lowest BCUT2D eigenvalue weighted by atomic mass is 9.85. The molecule has 94 valence electrons. The van der Waals surface area contributed by atoms with Crippen LogP contribution >= 0.6 is 22.7 Å². The van der Waals surface area contributed by atoms with Crippen molar-refractivity contribution in [3.05, 3.63) is 44.8 Å². The van der Waals surface area contributed by atoms with Crippen molar-refractivity contribution >= 4 is 28.5 Å². The molecule has 1 atom stereocenters. The van der Waals surface area contributed by atoms with Crippen LogP contribution in [0.4, 0.5) is 0 Å². The van der Waals surface area contributed by atoms with E-state index < -0.39 is 5.92 Å². The maximum absolute atomic E-state index is 12.1. The van der Waals surface area contributed by atoms with Crippen molar-refractivity contribution in [3.8, 4) is 12.1 Å². The van der Waals surface area contributed by atoms with E-state index >= 15 is 0 Å². The summed E-state index contributed by atoms with van der Waals surface area (Å²) in [7, 11) is 0. The molecule has 2 heterocycles. The number of nitrogens with zero attached hydrogens (tertiary/aromatic N) is 2. The van der Waals surface area contributed by atoms with Gasteiger partial charge in [-0.25, -0.2) is 0 Å². The minimum Gasteiger partial charge on any atom is -0.293 e. The van der Waals surface area contributed by atoms with Crippen LogP contribution in [0.25, 0.3) is 0 Å². The van der Waals surface area contributed by atoms with E-state index in [9.17, 15) is 4.79 Å². The Hall–Kier alpha value is -1.95. The van der Waals surface area contributed by atoms with Crippen molar-refractivity contribution in [2.24, 2.45) is 5.92 Å². The highest BCUT2D eigenvalue weighted by Crippen LogP contribution is 2.31. The predicted octanol–water partition coefficient (Wildman–Crippen LogP) is 3.83. The highest BCUT2D eigenvalue weighted by molar-refractivity contribution is 7.12. The molecule has 1 unspecified atom stereocenters. The molecular weight excluding hydrogens is 276 g/mol. The zero-order valence-electron chi connectivity index (χ0n) is 9.95. The summed E-state index contributed by atoms with van der Waals surface area (Å²) in [6.07, 6.45) is 0.197. The summed E-state index contributed by atoms with van der Waals surface area (Å²) < 4.78 is 0. The molecule has 0 aliphatic heterocycles. The van der Waals surface area contributed by atoms with Crippen LogP contribution in [-0.4, -0.2) is 5.78 Å². The van der Waals surface area contributed by atoms with Gasteiger partial charge in [-0.05, 0) is 33.8 Å². The second kappa shape index (κ2) is 6.29. The van der Waals surface area contributed by atoms with Gasteiger partial charge in [-0.2, -0.15) is 21.9 Å². The Kier molecular flexibility index (Phi) is 4.46. The highest BCUT2D eigenvalue weighted by Gasteiger charge is 2.26. The maximum Gasteiger partial charge on any atom is 0.173 e. The molecule has 0 aromatic carbocycles. The summed E-state index contributed by atoms with van der Waals surface area (Å²) >= 11 is 2.89. The van der Waals surface area contributed by atoms with E-state index in [1.54, 1.807) is 6.07 Å². The predicted molar refractivity (Wildman–Crippen MR) is 75.0 cm³/mol. The normalized spacial score (nSPS) is 11.7. The first-order valence-electron chi connectivity index (χ1n) is 5.64. The van der Waals surface area contributed by atoms with Gasteiger partial charge in [0.2, 0.25) is 0 Å². The van der Waals surface area contributed by atoms with Crippen LogP contribution in [0.15, 0.2) is 34.3 Å². The van der Waals surface area contributed by atoms with Gasteiger partial charge in [-0.15, -0.1) is 11.3 Å². The molecule has 19 heavy (non-hydrogen) atoms. The van der Waals surface area contributed by atoms with Gasteiger partial charge in [0.15, 0.2) is 5.78 Å². The Morgan fingerprint density at radius 3 is 2.58 bits per heavy atom. The van der Waals surface area contributed by atoms with Crippen molar-refractivity contribution in [3.63, 3.8) is 0 Å². The molecular formula is C14H10N2OS2. The Morgan fingerprint density at radius 2 is 2.05 bits per heavy atom. The number of carbonyl (C=O) groups excluding carboxylic acids is 1. The maximum atomic E-state index is 12.1. The third-order valence-electron chi connectivity index (χ3n) is 2.85. The topological polar surface area (TPSA) is 64.7 Å². The van der Waals surface area contributed by atoms with Crippen LogP contribution in [0.1, 0.15) is 27.6 Å². The van der Waals surface area contributed by atoms with Gasteiger partial charge in [-0.1, -0.05) is 6.07 Å². The fourth-order valence-electron chi connectivity index (χ4n) is 1.86. The van der Waals surface area contributed by atoms with Crippen LogP contribution in [0.5, 0.6) is 0 Å². The van der Waals surface area contributed by atoms with E-state index in [0.717, 1.165) is 5.56 Å². The van der Waals surface area contributed by atoms with Crippen molar-refractivity contribution in [1.82, 2.24) is 0 Å². The average molecular weight is 286 g/mol. The average Bonchev–Trinajstić information content (AvgIpc) is 3.12. The van der Waals surface area contributed by atoms with Crippen LogP contribution in [0.3, 0.4) is 0 Å². The molecule has 0 radical (unpaired) electrons. The molecule has 0 aliphatic carbocycles. The number of ketones is 1. The van der Waals surface area contributed by atoms with Crippen LogP contribution in [0.2, 0.25) is 0 Å². The first-order chi connectivity index (χ1) is 9.26. The van der Waals surface area contributed by atoms with E-state index in [1.807, 2.05) is 40.4 Å². The molecule has 0 saturated carbocycles. The van der Waals surface area contributed by atoms with E-state index in [-0.39, 0.29) is 18.1 Å². The fraction of sp³-hybridized carbons (Fsp3) is 0.214. The van der Waals surface area contributed by atoms with Gasteiger partial charge >= 0.3 is 0 Å². The smallest absolute Gasteiger partial charge is 0.173 e. The number of nitriles is 2. The molecule has 0 N–H and O–H groups in total. The molecule has 0 saturated heterocycles. The van der Waals surface area contributed by atoms with Crippen molar-refractivity contribution in [1.29, 1.82) is 10.5 Å². The minimum absolute atomic E-state index is 0.0123. The SMILES string of the molecule is N#CC(C#N)C(CC(=O)c1cccs1)c1ccsc1. The van der Waals surface area contributed by atoms with E-state index in [1.165, 1.54) is 22.7 Å². The standard InChI is InChI=1S/C14H10N2OS2/c15-7-11(8-16)12(10-3-5-18-9-10)6-13(17)14-2-1-4-19-14/h1-5,9,11-12H,6H2. The Balaban J connectivity index is 2.23. The lowest BCUT2D eigenvalue weighted by Crippen LogP contribution is -2.13. The van der Waals surface area contributed by atoms with Gasteiger partial charge in [0.1, 0.15) is 5.92 Å².